The topological polar surface area (TPSA) is 4.93 Å². The number of rotatable bonds is 11. The second-order valence-electron chi connectivity index (χ2n) is 8.05. The first kappa shape index (κ1) is 21.9. The first-order valence-corrected chi connectivity index (χ1v) is 12.6. The summed E-state index contributed by atoms with van der Waals surface area (Å²) in [5.41, 5.74) is 2.74. The van der Waals surface area contributed by atoms with E-state index in [1.54, 1.807) is 0 Å². The summed E-state index contributed by atoms with van der Waals surface area (Å²) >= 11 is 7.41. The van der Waals surface area contributed by atoms with Crippen LogP contribution in [0, 0.1) is 0 Å². The summed E-state index contributed by atoms with van der Waals surface area (Å²) in [7, 11) is 0. The van der Waals surface area contributed by atoms with Gasteiger partial charge in [0.2, 0.25) is 0 Å². The number of nitrogens with zero attached hydrogens (tertiary/aromatic N) is 1. The van der Waals surface area contributed by atoms with E-state index in [4.69, 9.17) is 0 Å². The molecule has 0 fully saturated rings. The lowest BCUT2D eigenvalue weighted by Gasteiger charge is -2.22. The third kappa shape index (κ3) is 5.21. The van der Waals surface area contributed by atoms with Gasteiger partial charge in [0.25, 0.3) is 0 Å². The maximum atomic E-state index is 3.71. The number of unbranched alkanes of at least 4 members (excludes halogenated alkanes) is 6. The van der Waals surface area contributed by atoms with E-state index in [2.05, 4.69) is 86.7 Å². The van der Waals surface area contributed by atoms with Crippen LogP contribution in [0.3, 0.4) is 0 Å². The molecule has 0 amide bonds. The molecule has 1 atom stereocenters. The van der Waals surface area contributed by atoms with Gasteiger partial charge in [-0.05, 0) is 37.1 Å². The molecule has 0 saturated carbocycles. The van der Waals surface area contributed by atoms with Gasteiger partial charge in [-0.15, -0.1) is 0 Å². The Hall–Kier alpha value is -0.800. The summed E-state index contributed by atoms with van der Waals surface area (Å²) in [4.78, 5) is 0. The fourth-order valence-corrected chi connectivity index (χ4v) is 5.09. The molecule has 2 aromatic carbocycles. The molecule has 1 heterocycles. The fraction of sp³-hybridized carbons (Fsp3) is 0.520. The predicted octanol–water partition coefficient (Wildman–Crippen LogP) is 9.80. The van der Waals surface area contributed by atoms with Crippen molar-refractivity contribution in [3.63, 3.8) is 0 Å². The van der Waals surface area contributed by atoms with Gasteiger partial charge in [0.1, 0.15) is 0 Å². The summed E-state index contributed by atoms with van der Waals surface area (Å²) in [5, 5.41) is 2.74. The maximum absolute atomic E-state index is 3.71. The molecule has 0 bridgehead atoms. The van der Waals surface area contributed by atoms with Crippen molar-refractivity contribution in [3.8, 4) is 0 Å². The molecule has 0 radical (unpaired) electrons. The van der Waals surface area contributed by atoms with Gasteiger partial charge in [-0.1, -0.05) is 109 Å². The highest BCUT2D eigenvalue weighted by Gasteiger charge is 2.18. The summed E-state index contributed by atoms with van der Waals surface area (Å²) in [6.07, 6.45) is 13.3. The summed E-state index contributed by atoms with van der Waals surface area (Å²) < 4.78 is 4.97. The Bertz CT molecular complexity index is 837. The van der Waals surface area contributed by atoms with E-state index in [0.717, 1.165) is 8.95 Å². The number of benzene rings is 2. The molecule has 152 valence electrons. The molecule has 28 heavy (non-hydrogen) atoms. The number of halogens is 2. The Morgan fingerprint density at radius 2 is 1.18 bits per heavy atom. The molecule has 1 nitrogen and oxygen atoms in total. The average molecular weight is 507 g/mol. The van der Waals surface area contributed by atoms with Crippen LogP contribution in [0.2, 0.25) is 0 Å². The molecule has 0 spiro atoms. The summed E-state index contributed by atoms with van der Waals surface area (Å²) in [6.45, 7) is 4.60. The molecule has 3 aromatic rings. The van der Waals surface area contributed by atoms with Gasteiger partial charge in [0.05, 0.1) is 11.0 Å². The van der Waals surface area contributed by atoms with Crippen LogP contribution in [0.1, 0.15) is 84.1 Å². The molecule has 0 N–H and O–H groups in total. The van der Waals surface area contributed by atoms with Crippen molar-refractivity contribution in [2.75, 3.05) is 0 Å². The Morgan fingerprint density at radius 1 is 0.679 bits per heavy atom. The summed E-state index contributed by atoms with van der Waals surface area (Å²) in [5.74, 6) is 0. The van der Waals surface area contributed by atoms with Crippen LogP contribution in [0.15, 0.2) is 45.3 Å². The minimum atomic E-state index is 0.578. The quantitative estimate of drug-likeness (QED) is 0.228. The maximum Gasteiger partial charge on any atom is 0.0505 e. The number of fused-ring (bicyclic) bond motifs is 3. The van der Waals surface area contributed by atoms with E-state index < -0.39 is 0 Å². The monoisotopic (exact) mass is 505 g/mol. The lowest BCUT2D eigenvalue weighted by molar-refractivity contribution is 0.418. The third-order valence-corrected chi connectivity index (χ3v) is 6.86. The van der Waals surface area contributed by atoms with Gasteiger partial charge in [-0.3, -0.25) is 0 Å². The second-order valence-corrected chi connectivity index (χ2v) is 9.88. The molecular weight excluding hydrogens is 474 g/mol. The standard InChI is InChI=1S/C25H33Br2N/c1-3-5-7-8-9-10-12-21(11-6-4-2)28-24-17-19(26)13-15-22(24)23-16-14-20(27)18-25(23)28/h13-18,21H,3-12H2,1-2H3. The van der Waals surface area contributed by atoms with Crippen LogP contribution in [0.25, 0.3) is 21.8 Å². The molecule has 0 aliphatic carbocycles. The SMILES string of the molecule is CCCCCCCCC(CCCC)n1c2cc(Br)ccc2c2ccc(Br)cc21. The highest BCUT2D eigenvalue weighted by atomic mass is 79.9. The third-order valence-electron chi connectivity index (χ3n) is 5.88. The van der Waals surface area contributed by atoms with E-state index in [0.29, 0.717) is 6.04 Å². The fourth-order valence-electron chi connectivity index (χ4n) is 4.39. The van der Waals surface area contributed by atoms with Crippen LogP contribution in [-0.2, 0) is 0 Å². The second kappa shape index (κ2) is 10.8. The Kier molecular flexibility index (Phi) is 8.47. The van der Waals surface area contributed by atoms with Crippen molar-refractivity contribution in [1.82, 2.24) is 4.57 Å². The lowest BCUT2D eigenvalue weighted by atomic mass is 10.0. The van der Waals surface area contributed by atoms with Crippen molar-refractivity contribution in [1.29, 1.82) is 0 Å². The lowest BCUT2D eigenvalue weighted by Crippen LogP contribution is -2.09. The van der Waals surface area contributed by atoms with E-state index >= 15 is 0 Å². The van der Waals surface area contributed by atoms with E-state index in [1.165, 1.54) is 86.0 Å². The van der Waals surface area contributed by atoms with Crippen molar-refractivity contribution in [2.45, 2.75) is 84.1 Å². The minimum absolute atomic E-state index is 0.578. The van der Waals surface area contributed by atoms with E-state index in [9.17, 15) is 0 Å². The van der Waals surface area contributed by atoms with Gasteiger partial charge < -0.3 is 4.57 Å². The predicted molar refractivity (Wildman–Crippen MR) is 131 cm³/mol. The van der Waals surface area contributed by atoms with Crippen molar-refractivity contribution in [2.24, 2.45) is 0 Å². The van der Waals surface area contributed by atoms with Crippen molar-refractivity contribution in [3.05, 3.63) is 45.3 Å². The molecule has 3 heteroatoms. The molecule has 0 aliphatic rings. The van der Waals surface area contributed by atoms with Crippen LogP contribution >= 0.6 is 31.9 Å². The van der Waals surface area contributed by atoms with Crippen molar-refractivity contribution >= 4 is 53.7 Å². The normalized spacial score (nSPS) is 12.9. The molecule has 3 rings (SSSR count). The number of hydrogen-bond acceptors (Lipinski definition) is 0. The average Bonchev–Trinajstić information content (AvgIpc) is 2.99. The van der Waals surface area contributed by atoms with Crippen LogP contribution in [0.5, 0.6) is 0 Å². The van der Waals surface area contributed by atoms with Crippen LogP contribution < -0.4 is 0 Å². The highest BCUT2D eigenvalue weighted by molar-refractivity contribution is 9.10. The van der Waals surface area contributed by atoms with Gasteiger partial charge in [-0.2, -0.15) is 0 Å². The molecule has 1 aromatic heterocycles. The number of hydrogen-bond donors (Lipinski definition) is 0. The van der Waals surface area contributed by atoms with Gasteiger partial charge in [0, 0.05) is 25.8 Å². The van der Waals surface area contributed by atoms with Gasteiger partial charge >= 0.3 is 0 Å². The molecule has 0 saturated heterocycles. The van der Waals surface area contributed by atoms with Crippen LogP contribution in [-0.4, -0.2) is 4.57 Å². The zero-order chi connectivity index (χ0) is 19.9. The number of aromatic nitrogens is 1. The van der Waals surface area contributed by atoms with Crippen LogP contribution in [0.4, 0.5) is 0 Å². The Labute approximate surface area is 187 Å². The molecule has 0 aliphatic heterocycles. The zero-order valence-electron chi connectivity index (χ0n) is 17.3. The molecule has 1 unspecified atom stereocenters. The zero-order valence-corrected chi connectivity index (χ0v) is 20.5. The summed E-state index contributed by atoms with van der Waals surface area (Å²) in [6, 6.07) is 14.1. The first-order chi connectivity index (χ1) is 13.7. The van der Waals surface area contributed by atoms with E-state index in [1.807, 2.05) is 0 Å². The van der Waals surface area contributed by atoms with E-state index in [-0.39, 0.29) is 0 Å². The van der Waals surface area contributed by atoms with Gasteiger partial charge in [0.15, 0.2) is 0 Å². The highest BCUT2D eigenvalue weighted by Crippen LogP contribution is 2.37. The van der Waals surface area contributed by atoms with Crippen molar-refractivity contribution < 1.29 is 0 Å². The molecular formula is C25H33Br2N. The Morgan fingerprint density at radius 3 is 1.75 bits per heavy atom. The largest absolute Gasteiger partial charge is 0.337 e. The Balaban J connectivity index is 1.94. The minimum Gasteiger partial charge on any atom is -0.337 e. The van der Waals surface area contributed by atoms with Gasteiger partial charge in [-0.25, -0.2) is 0 Å². The first-order valence-electron chi connectivity index (χ1n) is 11.0. The smallest absolute Gasteiger partial charge is 0.0505 e.